The van der Waals surface area contributed by atoms with Gasteiger partial charge in [-0.25, -0.2) is 0 Å². The highest BCUT2D eigenvalue weighted by Gasteiger charge is 1.97. The lowest BCUT2D eigenvalue weighted by Crippen LogP contribution is -2.19. The van der Waals surface area contributed by atoms with Crippen LogP contribution in [0.2, 0.25) is 0 Å². The second-order valence-electron chi connectivity index (χ2n) is 8.07. The molecule has 0 aliphatic rings. The predicted molar refractivity (Wildman–Crippen MR) is 139 cm³/mol. The van der Waals surface area contributed by atoms with Gasteiger partial charge in [0.1, 0.15) is 0 Å². The second-order valence-corrected chi connectivity index (χ2v) is 8.07. The van der Waals surface area contributed by atoms with Crippen LogP contribution in [0.4, 0.5) is 0 Å². The summed E-state index contributed by atoms with van der Waals surface area (Å²) in [6.45, 7) is 10.8. The molecule has 0 aromatic carbocycles. The summed E-state index contributed by atoms with van der Waals surface area (Å²) in [7, 11) is 4.03. The van der Waals surface area contributed by atoms with Crippen LogP contribution in [0, 0.1) is 0 Å². The van der Waals surface area contributed by atoms with E-state index in [1.54, 1.807) is 0 Å². The van der Waals surface area contributed by atoms with Crippen molar-refractivity contribution in [2.24, 2.45) is 0 Å². The SMILES string of the molecule is CN(C)CCOCCOCCOCCOCCOCCOCCOCCOCCOCCOCCC(=O)O. The number of carbonyl (C=O) groups is 1. The largest absolute Gasteiger partial charge is 0.481 e. The molecule has 13 nitrogen and oxygen atoms in total. The molecule has 0 amide bonds. The summed E-state index contributed by atoms with van der Waals surface area (Å²) in [5, 5.41) is 8.47. The molecular formula is C25H51NO12. The molecule has 0 saturated heterocycles. The summed E-state index contributed by atoms with van der Waals surface area (Å²) in [6.07, 6.45) is 0.00151. The van der Waals surface area contributed by atoms with Crippen molar-refractivity contribution in [3.05, 3.63) is 0 Å². The minimum absolute atomic E-state index is 0.00151. The molecule has 0 aromatic rings. The van der Waals surface area contributed by atoms with Crippen LogP contribution in [0.3, 0.4) is 0 Å². The molecule has 0 unspecified atom stereocenters. The van der Waals surface area contributed by atoms with E-state index in [-0.39, 0.29) is 13.0 Å². The van der Waals surface area contributed by atoms with Crippen molar-refractivity contribution in [2.75, 3.05) is 153 Å². The van der Waals surface area contributed by atoms with Gasteiger partial charge in [-0.2, -0.15) is 0 Å². The number of hydrogen-bond donors (Lipinski definition) is 1. The van der Waals surface area contributed by atoms with E-state index < -0.39 is 5.97 Å². The van der Waals surface area contributed by atoms with Gasteiger partial charge >= 0.3 is 5.97 Å². The van der Waals surface area contributed by atoms with E-state index in [1.807, 2.05) is 14.1 Å². The van der Waals surface area contributed by atoms with Crippen molar-refractivity contribution < 1.29 is 57.3 Å². The molecule has 0 atom stereocenters. The maximum atomic E-state index is 10.3. The Kier molecular flexibility index (Phi) is 31.4. The zero-order valence-corrected chi connectivity index (χ0v) is 23.4. The van der Waals surface area contributed by atoms with Gasteiger partial charge in [0.15, 0.2) is 0 Å². The minimum atomic E-state index is -0.871. The Bertz CT molecular complexity index is 474. The maximum Gasteiger partial charge on any atom is 0.305 e. The first-order chi connectivity index (χ1) is 18.6. The van der Waals surface area contributed by atoms with Gasteiger partial charge in [-0.15, -0.1) is 0 Å². The van der Waals surface area contributed by atoms with Crippen LogP contribution >= 0.6 is 0 Å². The zero-order chi connectivity index (χ0) is 27.8. The molecule has 0 rings (SSSR count). The van der Waals surface area contributed by atoms with E-state index in [0.717, 1.165) is 6.54 Å². The fourth-order valence-corrected chi connectivity index (χ4v) is 2.49. The van der Waals surface area contributed by atoms with Crippen LogP contribution in [-0.4, -0.2) is 169 Å². The van der Waals surface area contributed by atoms with Crippen LogP contribution < -0.4 is 0 Å². The second kappa shape index (κ2) is 32.2. The normalized spacial score (nSPS) is 11.6. The first-order valence-corrected chi connectivity index (χ1v) is 13.3. The molecule has 0 aliphatic heterocycles. The quantitative estimate of drug-likeness (QED) is 0.110. The van der Waals surface area contributed by atoms with Gasteiger partial charge in [0.05, 0.1) is 139 Å². The van der Waals surface area contributed by atoms with E-state index >= 15 is 0 Å². The summed E-state index contributed by atoms with van der Waals surface area (Å²) < 4.78 is 53.8. The number of likely N-dealkylation sites (N-methyl/N-ethyl adjacent to an activating group) is 1. The lowest BCUT2D eigenvalue weighted by molar-refractivity contribution is -0.138. The van der Waals surface area contributed by atoms with Crippen molar-refractivity contribution in [3.63, 3.8) is 0 Å². The molecule has 228 valence electrons. The molecule has 38 heavy (non-hydrogen) atoms. The molecule has 0 fully saturated rings. The van der Waals surface area contributed by atoms with Gasteiger partial charge in [0, 0.05) is 6.54 Å². The summed E-state index contributed by atoms with van der Waals surface area (Å²) in [4.78, 5) is 12.4. The smallest absolute Gasteiger partial charge is 0.305 e. The van der Waals surface area contributed by atoms with Crippen molar-refractivity contribution in [3.8, 4) is 0 Å². The first kappa shape index (κ1) is 37.0. The van der Waals surface area contributed by atoms with E-state index in [0.29, 0.717) is 126 Å². The van der Waals surface area contributed by atoms with E-state index in [1.165, 1.54) is 0 Å². The van der Waals surface area contributed by atoms with Gasteiger partial charge in [0.25, 0.3) is 0 Å². The number of aliphatic carboxylic acids is 1. The van der Waals surface area contributed by atoms with Gasteiger partial charge in [-0.1, -0.05) is 0 Å². The van der Waals surface area contributed by atoms with Gasteiger partial charge < -0.3 is 57.4 Å². The summed E-state index contributed by atoms with van der Waals surface area (Å²) in [6, 6.07) is 0. The molecule has 1 N–H and O–H groups in total. The summed E-state index contributed by atoms with van der Waals surface area (Å²) >= 11 is 0. The average Bonchev–Trinajstić information content (AvgIpc) is 2.89. The Hall–Kier alpha value is -0.970. The first-order valence-electron chi connectivity index (χ1n) is 13.3. The highest BCUT2D eigenvalue weighted by atomic mass is 16.6. The van der Waals surface area contributed by atoms with Crippen LogP contribution in [0.5, 0.6) is 0 Å². The topological polar surface area (TPSA) is 133 Å². The van der Waals surface area contributed by atoms with Crippen molar-refractivity contribution >= 4 is 5.97 Å². The van der Waals surface area contributed by atoms with Crippen molar-refractivity contribution in [2.45, 2.75) is 6.42 Å². The van der Waals surface area contributed by atoms with Crippen molar-refractivity contribution in [1.29, 1.82) is 0 Å². The highest BCUT2D eigenvalue weighted by molar-refractivity contribution is 5.66. The number of rotatable bonds is 33. The lowest BCUT2D eigenvalue weighted by Gasteiger charge is -2.10. The van der Waals surface area contributed by atoms with Gasteiger partial charge in [0.2, 0.25) is 0 Å². The third-order valence-electron chi connectivity index (χ3n) is 4.49. The summed E-state index contributed by atoms with van der Waals surface area (Å²) in [5.41, 5.74) is 0. The highest BCUT2D eigenvalue weighted by Crippen LogP contribution is 1.87. The van der Waals surface area contributed by atoms with Crippen LogP contribution in [-0.2, 0) is 52.2 Å². The Morgan fingerprint density at radius 2 is 0.632 bits per heavy atom. The number of ether oxygens (including phenoxy) is 10. The fraction of sp³-hybridized carbons (Fsp3) is 0.960. The van der Waals surface area contributed by atoms with Crippen LogP contribution in [0.15, 0.2) is 0 Å². The average molecular weight is 558 g/mol. The Labute approximate surface area is 227 Å². The number of carboxylic acids is 1. The molecule has 0 aromatic heterocycles. The number of hydrogen-bond acceptors (Lipinski definition) is 12. The third kappa shape index (κ3) is 35.0. The summed E-state index contributed by atoms with van der Waals surface area (Å²) in [5.74, 6) is -0.871. The van der Waals surface area contributed by atoms with Crippen LogP contribution in [0.1, 0.15) is 6.42 Å². The fourth-order valence-electron chi connectivity index (χ4n) is 2.49. The predicted octanol–water partition coefficient (Wildman–Crippen LogP) is 0.189. The standard InChI is InChI=1S/C25H51NO12/c1-26(2)4-6-30-8-10-32-12-14-34-16-18-36-20-22-38-24-23-37-21-19-35-17-15-33-13-11-31-9-7-29-5-3-25(27)28/h3-24H2,1-2H3,(H,27,28). The molecule has 0 spiro atoms. The molecule has 0 bridgehead atoms. The molecular weight excluding hydrogens is 506 g/mol. The molecule has 0 radical (unpaired) electrons. The van der Waals surface area contributed by atoms with E-state index in [4.69, 9.17) is 52.5 Å². The van der Waals surface area contributed by atoms with Gasteiger partial charge in [-0.05, 0) is 14.1 Å². The van der Waals surface area contributed by atoms with E-state index in [2.05, 4.69) is 4.90 Å². The Balaban J connectivity index is 3.03. The Morgan fingerprint density at radius 3 is 0.842 bits per heavy atom. The number of nitrogens with zero attached hydrogens (tertiary/aromatic N) is 1. The zero-order valence-electron chi connectivity index (χ0n) is 23.4. The minimum Gasteiger partial charge on any atom is -0.481 e. The Morgan fingerprint density at radius 1 is 0.421 bits per heavy atom. The molecule has 0 saturated carbocycles. The van der Waals surface area contributed by atoms with Gasteiger partial charge in [-0.3, -0.25) is 4.79 Å². The molecule has 13 heteroatoms. The monoisotopic (exact) mass is 557 g/mol. The lowest BCUT2D eigenvalue weighted by atomic mass is 10.5. The molecule has 0 heterocycles. The van der Waals surface area contributed by atoms with E-state index in [9.17, 15) is 4.79 Å². The number of carboxylic acid groups (broad SMARTS) is 1. The van der Waals surface area contributed by atoms with Crippen molar-refractivity contribution in [1.82, 2.24) is 4.90 Å². The van der Waals surface area contributed by atoms with Crippen LogP contribution in [0.25, 0.3) is 0 Å². The molecule has 0 aliphatic carbocycles. The maximum absolute atomic E-state index is 10.3. The third-order valence-corrected chi connectivity index (χ3v) is 4.49.